The zero-order chi connectivity index (χ0) is 20.9. The molecule has 0 saturated carbocycles. The summed E-state index contributed by atoms with van der Waals surface area (Å²) in [4.78, 5) is 30.6. The SMILES string of the molecule is CCOC(=O)N1CCC(C(=O)Nc2nc3ccc(Oc4ccccc4)cc3s2)CC1. The Morgan fingerprint density at radius 2 is 1.90 bits per heavy atom. The molecule has 0 bridgehead atoms. The van der Waals surface area contributed by atoms with Gasteiger partial charge in [-0.1, -0.05) is 29.5 Å². The minimum Gasteiger partial charge on any atom is -0.457 e. The number of fused-ring (bicyclic) bond motifs is 1. The highest BCUT2D eigenvalue weighted by Gasteiger charge is 2.28. The first kappa shape index (κ1) is 20.2. The second-order valence-electron chi connectivity index (χ2n) is 7.01. The van der Waals surface area contributed by atoms with Crippen LogP contribution in [0.4, 0.5) is 9.93 Å². The first-order chi connectivity index (χ1) is 14.6. The van der Waals surface area contributed by atoms with Crippen LogP contribution in [0.15, 0.2) is 48.5 Å². The highest BCUT2D eigenvalue weighted by Crippen LogP contribution is 2.32. The number of likely N-dealkylation sites (tertiary alicyclic amines) is 1. The van der Waals surface area contributed by atoms with Crippen LogP contribution in [0.3, 0.4) is 0 Å². The van der Waals surface area contributed by atoms with Crippen molar-refractivity contribution >= 4 is 38.7 Å². The molecule has 3 aromatic rings. The maximum atomic E-state index is 12.7. The van der Waals surface area contributed by atoms with Crippen LogP contribution in [0.2, 0.25) is 0 Å². The molecule has 2 heterocycles. The van der Waals surface area contributed by atoms with Gasteiger partial charge in [-0.25, -0.2) is 9.78 Å². The van der Waals surface area contributed by atoms with Crippen LogP contribution < -0.4 is 10.1 Å². The van der Waals surface area contributed by atoms with Crippen LogP contribution >= 0.6 is 11.3 Å². The second-order valence-corrected chi connectivity index (χ2v) is 8.04. The Morgan fingerprint density at radius 1 is 1.13 bits per heavy atom. The van der Waals surface area contributed by atoms with E-state index in [2.05, 4.69) is 10.3 Å². The number of aromatic nitrogens is 1. The molecule has 2 aromatic carbocycles. The number of carbonyl (C=O) groups excluding carboxylic acids is 2. The molecule has 2 amide bonds. The van der Waals surface area contributed by atoms with E-state index in [0.29, 0.717) is 37.7 Å². The first-order valence-corrected chi connectivity index (χ1v) is 10.8. The average molecular weight is 426 g/mol. The summed E-state index contributed by atoms with van der Waals surface area (Å²) in [6.07, 6.45) is 0.922. The maximum absolute atomic E-state index is 12.7. The quantitative estimate of drug-likeness (QED) is 0.629. The third-order valence-corrected chi connectivity index (χ3v) is 5.89. The Balaban J connectivity index is 1.37. The normalized spacial score (nSPS) is 14.5. The van der Waals surface area contributed by atoms with Crippen molar-refractivity contribution in [3.05, 3.63) is 48.5 Å². The molecule has 0 radical (unpaired) electrons. The molecular formula is C22H23N3O4S. The fraction of sp³-hybridized carbons (Fsp3) is 0.318. The minimum absolute atomic E-state index is 0.0571. The number of hydrogen-bond acceptors (Lipinski definition) is 6. The van der Waals surface area contributed by atoms with Crippen molar-refractivity contribution in [3.63, 3.8) is 0 Å². The van der Waals surface area contributed by atoms with E-state index in [4.69, 9.17) is 9.47 Å². The van der Waals surface area contributed by atoms with E-state index < -0.39 is 0 Å². The van der Waals surface area contributed by atoms with E-state index in [1.165, 1.54) is 11.3 Å². The van der Waals surface area contributed by atoms with E-state index in [0.717, 1.165) is 21.7 Å². The number of piperidine rings is 1. The van der Waals surface area contributed by atoms with Crippen molar-refractivity contribution < 1.29 is 19.1 Å². The molecule has 30 heavy (non-hydrogen) atoms. The third-order valence-electron chi connectivity index (χ3n) is 4.96. The molecule has 4 rings (SSSR count). The summed E-state index contributed by atoms with van der Waals surface area (Å²) in [7, 11) is 0. The van der Waals surface area contributed by atoms with Gasteiger partial charge in [0.2, 0.25) is 5.91 Å². The highest BCUT2D eigenvalue weighted by atomic mass is 32.1. The molecule has 1 saturated heterocycles. The smallest absolute Gasteiger partial charge is 0.409 e. The predicted octanol–water partition coefficient (Wildman–Crippen LogP) is 4.90. The number of para-hydroxylation sites is 1. The van der Waals surface area contributed by atoms with Gasteiger partial charge in [-0.05, 0) is 44.0 Å². The van der Waals surface area contributed by atoms with Crippen LogP contribution in [0, 0.1) is 5.92 Å². The van der Waals surface area contributed by atoms with E-state index in [1.54, 1.807) is 11.8 Å². The van der Waals surface area contributed by atoms with Crippen LogP contribution in [-0.2, 0) is 9.53 Å². The number of nitrogens with one attached hydrogen (secondary N) is 1. The Morgan fingerprint density at radius 3 is 2.63 bits per heavy atom. The number of benzene rings is 2. The van der Waals surface area contributed by atoms with E-state index in [-0.39, 0.29) is 17.9 Å². The lowest BCUT2D eigenvalue weighted by Crippen LogP contribution is -2.41. The monoisotopic (exact) mass is 425 g/mol. The van der Waals surface area contributed by atoms with Crippen molar-refractivity contribution in [2.45, 2.75) is 19.8 Å². The van der Waals surface area contributed by atoms with Crippen LogP contribution in [0.25, 0.3) is 10.2 Å². The predicted molar refractivity (Wildman–Crippen MR) is 116 cm³/mol. The summed E-state index contributed by atoms with van der Waals surface area (Å²) in [5.74, 6) is 1.30. The fourth-order valence-electron chi connectivity index (χ4n) is 3.39. The van der Waals surface area contributed by atoms with Gasteiger partial charge >= 0.3 is 6.09 Å². The zero-order valence-electron chi connectivity index (χ0n) is 16.7. The Hall–Kier alpha value is -3.13. The topological polar surface area (TPSA) is 80.8 Å². The molecule has 0 atom stereocenters. The van der Waals surface area contributed by atoms with Gasteiger partial charge in [-0.15, -0.1) is 0 Å². The number of carbonyl (C=O) groups is 2. The van der Waals surface area contributed by atoms with Crippen molar-refractivity contribution in [3.8, 4) is 11.5 Å². The van der Waals surface area contributed by atoms with Gasteiger partial charge in [-0.2, -0.15) is 0 Å². The van der Waals surface area contributed by atoms with Crippen molar-refractivity contribution in [1.82, 2.24) is 9.88 Å². The number of anilines is 1. The number of ether oxygens (including phenoxy) is 2. The summed E-state index contributed by atoms with van der Waals surface area (Å²) in [5, 5.41) is 3.50. The van der Waals surface area contributed by atoms with E-state index in [1.807, 2.05) is 48.5 Å². The van der Waals surface area contributed by atoms with Gasteiger partial charge in [-0.3, -0.25) is 4.79 Å². The lowest BCUT2D eigenvalue weighted by atomic mass is 9.96. The first-order valence-electron chi connectivity index (χ1n) is 9.98. The average Bonchev–Trinajstić information content (AvgIpc) is 3.16. The largest absolute Gasteiger partial charge is 0.457 e. The number of thiazole rings is 1. The standard InChI is InChI=1S/C22H23N3O4S/c1-2-28-22(27)25-12-10-15(11-13-25)20(26)24-21-23-18-9-8-17(14-19(18)30-21)29-16-6-4-3-5-7-16/h3-9,14-15H,2,10-13H2,1H3,(H,23,24,26). The van der Waals surface area contributed by atoms with Crippen LogP contribution in [-0.4, -0.2) is 41.6 Å². The Kier molecular flexibility index (Phi) is 6.13. The molecule has 1 N–H and O–H groups in total. The molecule has 1 aromatic heterocycles. The van der Waals surface area contributed by atoms with E-state index >= 15 is 0 Å². The Bertz CT molecular complexity index is 1030. The molecule has 1 aliphatic heterocycles. The summed E-state index contributed by atoms with van der Waals surface area (Å²) >= 11 is 1.42. The molecule has 8 heteroatoms. The number of amides is 2. The summed E-state index contributed by atoms with van der Waals surface area (Å²) in [6, 6.07) is 15.3. The lowest BCUT2D eigenvalue weighted by Gasteiger charge is -2.30. The molecule has 0 spiro atoms. The van der Waals surface area contributed by atoms with Crippen molar-refractivity contribution in [1.29, 1.82) is 0 Å². The molecular weight excluding hydrogens is 402 g/mol. The summed E-state index contributed by atoms with van der Waals surface area (Å²) < 4.78 is 11.8. The molecule has 1 aliphatic rings. The van der Waals surface area contributed by atoms with E-state index in [9.17, 15) is 9.59 Å². The summed E-state index contributed by atoms with van der Waals surface area (Å²) in [6.45, 7) is 3.19. The van der Waals surface area contributed by atoms with Gasteiger partial charge in [0.25, 0.3) is 0 Å². The van der Waals surface area contributed by atoms with Crippen molar-refractivity contribution in [2.75, 3.05) is 25.0 Å². The van der Waals surface area contributed by atoms with Crippen molar-refractivity contribution in [2.24, 2.45) is 5.92 Å². The second kappa shape index (κ2) is 9.13. The highest BCUT2D eigenvalue weighted by molar-refractivity contribution is 7.22. The minimum atomic E-state index is -0.309. The number of rotatable bonds is 5. The molecule has 1 fully saturated rings. The maximum Gasteiger partial charge on any atom is 0.409 e. The number of nitrogens with zero attached hydrogens (tertiary/aromatic N) is 2. The molecule has 156 valence electrons. The number of hydrogen-bond donors (Lipinski definition) is 1. The molecule has 7 nitrogen and oxygen atoms in total. The van der Waals surface area contributed by atoms with Gasteiger partial charge in [0.15, 0.2) is 5.13 Å². The fourth-order valence-corrected chi connectivity index (χ4v) is 4.29. The van der Waals surface area contributed by atoms with Crippen LogP contribution in [0.1, 0.15) is 19.8 Å². The van der Waals surface area contributed by atoms with Gasteiger partial charge in [0, 0.05) is 25.1 Å². The molecule has 0 aliphatic carbocycles. The Labute approximate surface area is 178 Å². The zero-order valence-corrected chi connectivity index (χ0v) is 17.5. The van der Waals surface area contributed by atoms with Gasteiger partial charge in [0.05, 0.1) is 16.8 Å². The molecule has 0 unspecified atom stereocenters. The van der Waals surface area contributed by atoms with Gasteiger partial charge < -0.3 is 19.7 Å². The van der Waals surface area contributed by atoms with Gasteiger partial charge in [0.1, 0.15) is 11.5 Å². The summed E-state index contributed by atoms with van der Waals surface area (Å²) in [5.41, 5.74) is 0.813. The lowest BCUT2D eigenvalue weighted by molar-refractivity contribution is -0.121. The third kappa shape index (κ3) is 4.71. The van der Waals surface area contributed by atoms with Crippen LogP contribution in [0.5, 0.6) is 11.5 Å².